The fourth-order valence-electron chi connectivity index (χ4n) is 4.88. The fraction of sp³-hybridized carbons (Fsp3) is 0.257. The van der Waals surface area contributed by atoms with Crippen molar-refractivity contribution in [3.63, 3.8) is 0 Å². The summed E-state index contributed by atoms with van der Waals surface area (Å²) in [5.74, 6) is 0.698. The first-order chi connectivity index (χ1) is 18.5. The summed E-state index contributed by atoms with van der Waals surface area (Å²) in [4.78, 5) is 25.4. The molecule has 0 spiro atoms. The van der Waals surface area contributed by atoms with Gasteiger partial charge in [-0.2, -0.15) is 0 Å². The van der Waals surface area contributed by atoms with Crippen LogP contribution in [0.1, 0.15) is 78.4 Å². The molecule has 4 rings (SSSR count). The van der Waals surface area contributed by atoms with Gasteiger partial charge in [0, 0.05) is 28.7 Å². The molecule has 0 bridgehead atoms. The molecule has 4 aromatic rings. The van der Waals surface area contributed by atoms with Crippen LogP contribution < -0.4 is 4.74 Å². The van der Waals surface area contributed by atoms with E-state index in [1.165, 1.54) is 0 Å². The maximum atomic E-state index is 12.7. The minimum atomic E-state index is -0.552. The van der Waals surface area contributed by atoms with E-state index in [2.05, 4.69) is 0 Å². The Morgan fingerprint density at radius 2 is 1.03 bits per heavy atom. The number of hydrogen-bond donors (Lipinski definition) is 0. The standard InChI is InChI=1S/C35H36O4/c1-25(38-35(4,5)30-20-16-28(17-21-30)32(36)26-12-8-6-9-13-26)24-34(2,3)39-31-22-18-29(19-23-31)33(37)27-14-10-7-11-15-27/h6-23,25H,24H2,1-5H3. The van der Waals surface area contributed by atoms with E-state index in [-0.39, 0.29) is 17.7 Å². The van der Waals surface area contributed by atoms with E-state index in [4.69, 9.17) is 9.47 Å². The van der Waals surface area contributed by atoms with Crippen molar-refractivity contribution in [2.75, 3.05) is 0 Å². The minimum Gasteiger partial charge on any atom is -0.488 e. The number of rotatable bonds is 11. The van der Waals surface area contributed by atoms with Crippen molar-refractivity contribution in [2.45, 2.75) is 58.3 Å². The van der Waals surface area contributed by atoms with E-state index >= 15 is 0 Å². The number of hydrogen-bond acceptors (Lipinski definition) is 4. The predicted octanol–water partition coefficient (Wildman–Crippen LogP) is 8.04. The summed E-state index contributed by atoms with van der Waals surface area (Å²) in [5.41, 5.74) is 2.57. The average molecular weight is 521 g/mol. The van der Waals surface area contributed by atoms with Gasteiger partial charge in [0.25, 0.3) is 0 Å². The fourth-order valence-corrected chi connectivity index (χ4v) is 4.88. The molecule has 0 aliphatic carbocycles. The van der Waals surface area contributed by atoms with Crippen LogP contribution in [-0.4, -0.2) is 23.3 Å². The zero-order chi connectivity index (χ0) is 28.0. The van der Waals surface area contributed by atoms with Crippen LogP contribution in [-0.2, 0) is 10.3 Å². The number of benzene rings is 4. The molecule has 0 saturated heterocycles. The van der Waals surface area contributed by atoms with Crippen molar-refractivity contribution < 1.29 is 19.1 Å². The van der Waals surface area contributed by atoms with E-state index in [1.807, 2.05) is 132 Å². The minimum absolute atomic E-state index is 0.00519. The molecule has 4 heteroatoms. The third-order valence-electron chi connectivity index (χ3n) is 6.70. The first-order valence-electron chi connectivity index (χ1n) is 13.3. The molecule has 0 saturated carbocycles. The zero-order valence-electron chi connectivity index (χ0n) is 23.3. The highest BCUT2D eigenvalue weighted by Crippen LogP contribution is 2.31. The molecule has 39 heavy (non-hydrogen) atoms. The Kier molecular flexibility index (Phi) is 8.47. The van der Waals surface area contributed by atoms with Gasteiger partial charge in [-0.1, -0.05) is 84.9 Å². The molecule has 0 N–H and O–H groups in total. The summed E-state index contributed by atoms with van der Waals surface area (Å²) in [6.45, 7) is 10.2. The molecule has 0 amide bonds. The third-order valence-corrected chi connectivity index (χ3v) is 6.70. The summed E-state index contributed by atoms with van der Waals surface area (Å²) in [5, 5.41) is 0. The molecule has 4 aromatic carbocycles. The summed E-state index contributed by atoms with van der Waals surface area (Å²) in [7, 11) is 0. The molecular weight excluding hydrogens is 484 g/mol. The van der Waals surface area contributed by atoms with Gasteiger partial charge < -0.3 is 9.47 Å². The monoisotopic (exact) mass is 520 g/mol. The Morgan fingerprint density at radius 1 is 0.615 bits per heavy atom. The van der Waals surface area contributed by atoms with Gasteiger partial charge in [0.2, 0.25) is 0 Å². The quantitative estimate of drug-likeness (QED) is 0.188. The molecule has 0 aliphatic rings. The van der Waals surface area contributed by atoms with Crippen molar-refractivity contribution in [1.29, 1.82) is 0 Å². The molecule has 4 nitrogen and oxygen atoms in total. The smallest absolute Gasteiger partial charge is 0.193 e. The Balaban J connectivity index is 1.35. The van der Waals surface area contributed by atoms with Gasteiger partial charge in [0.05, 0.1) is 11.7 Å². The highest BCUT2D eigenvalue weighted by Gasteiger charge is 2.29. The normalized spacial score (nSPS) is 12.5. The second kappa shape index (κ2) is 11.8. The van der Waals surface area contributed by atoms with Crippen molar-refractivity contribution >= 4 is 11.6 Å². The van der Waals surface area contributed by atoms with Crippen LogP contribution in [0.4, 0.5) is 0 Å². The van der Waals surface area contributed by atoms with Crippen LogP contribution in [0.25, 0.3) is 0 Å². The molecule has 1 atom stereocenters. The second-order valence-corrected chi connectivity index (χ2v) is 11.0. The van der Waals surface area contributed by atoms with E-state index in [0.717, 1.165) is 5.56 Å². The Labute approximate surface area is 231 Å². The number of ether oxygens (including phenoxy) is 2. The highest BCUT2D eigenvalue weighted by atomic mass is 16.5. The topological polar surface area (TPSA) is 52.6 Å². The first-order valence-corrected chi connectivity index (χ1v) is 13.3. The number of ketones is 2. The van der Waals surface area contributed by atoms with Gasteiger partial charge in [-0.3, -0.25) is 9.59 Å². The average Bonchev–Trinajstić information content (AvgIpc) is 2.93. The van der Waals surface area contributed by atoms with E-state index in [0.29, 0.717) is 34.4 Å². The third kappa shape index (κ3) is 7.30. The molecule has 0 fully saturated rings. The lowest BCUT2D eigenvalue weighted by Gasteiger charge is -2.34. The van der Waals surface area contributed by atoms with Crippen LogP contribution in [0.5, 0.6) is 5.75 Å². The van der Waals surface area contributed by atoms with Gasteiger partial charge in [0.1, 0.15) is 11.4 Å². The summed E-state index contributed by atoms with van der Waals surface area (Å²) in [6.07, 6.45) is 0.561. The summed E-state index contributed by atoms with van der Waals surface area (Å²) >= 11 is 0. The molecule has 1 unspecified atom stereocenters. The van der Waals surface area contributed by atoms with E-state index in [9.17, 15) is 9.59 Å². The lowest BCUT2D eigenvalue weighted by Crippen LogP contribution is -2.36. The highest BCUT2D eigenvalue weighted by molar-refractivity contribution is 6.09. The maximum absolute atomic E-state index is 12.7. The van der Waals surface area contributed by atoms with Crippen molar-refractivity contribution in [2.24, 2.45) is 0 Å². The SMILES string of the molecule is CC(CC(C)(C)Oc1ccc(C(=O)c2ccccc2)cc1)OC(C)(C)c1ccc(C(=O)c2ccccc2)cc1. The van der Waals surface area contributed by atoms with Gasteiger partial charge in [-0.15, -0.1) is 0 Å². The number of carbonyl (C=O) groups is 2. The molecule has 200 valence electrons. The van der Waals surface area contributed by atoms with Crippen LogP contribution in [0.15, 0.2) is 109 Å². The summed E-state index contributed by atoms with van der Waals surface area (Å²) < 4.78 is 12.8. The van der Waals surface area contributed by atoms with Crippen LogP contribution in [0, 0.1) is 0 Å². The lowest BCUT2D eigenvalue weighted by molar-refractivity contribution is -0.0913. The van der Waals surface area contributed by atoms with E-state index in [1.54, 1.807) is 12.1 Å². The van der Waals surface area contributed by atoms with Crippen LogP contribution in [0.2, 0.25) is 0 Å². The van der Waals surface area contributed by atoms with Crippen LogP contribution in [0.3, 0.4) is 0 Å². The van der Waals surface area contributed by atoms with Crippen LogP contribution >= 0.6 is 0 Å². The van der Waals surface area contributed by atoms with Gasteiger partial charge in [-0.25, -0.2) is 0 Å². The molecule has 0 radical (unpaired) electrons. The number of carbonyl (C=O) groups excluding carboxylic acids is 2. The second-order valence-electron chi connectivity index (χ2n) is 11.0. The largest absolute Gasteiger partial charge is 0.488 e. The molecule has 0 aromatic heterocycles. The first kappa shape index (κ1) is 28.0. The van der Waals surface area contributed by atoms with Crippen molar-refractivity contribution in [3.05, 3.63) is 137 Å². The van der Waals surface area contributed by atoms with Crippen molar-refractivity contribution in [1.82, 2.24) is 0 Å². The Hall–Kier alpha value is -4.02. The van der Waals surface area contributed by atoms with Gasteiger partial charge in [0.15, 0.2) is 11.6 Å². The maximum Gasteiger partial charge on any atom is 0.193 e. The lowest BCUT2D eigenvalue weighted by atomic mass is 9.94. The zero-order valence-corrected chi connectivity index (χ0v) is 23.3. The summed E-state index contributed by atoms with van der Waals surface area (Å²) in [6, 6.07) is 33.5. The molecular formula is C35H36O4. The molecule has 0 heterocycles. The Morgan fingerprint density at radius 3 is 1.49 bits per heavy atom. The predicted molar refractivity (Wildman–Crippen MR) is 156 cm³/mol. The Bertz CT molecular complexity index is 1390. The van der Waals surface area contributed by atoms with E-state index < -0.39 is 11.2 Å². The van der Waals surface area contributed by atoms with Gasteiger partial charge in [-0.05, 0) is 64.4 Å². The molecule has 0 aliphatic heterocycles. The van der Waals surface area contributed by atoms with Crippen molar-refractivity contribution in [3.8, 4) is 5.75 Å². The van der Waals surface area contributed by atoms with Gasteiger partial charge >= 0.3 is 0 Å².